The molecular weight excluding hydrogens is 310 g/mol. The molecule has 0 atom stereocenters. The Morgan fingerprint density at radius 2 is 2.14 bits per heavy atom. The lowest BCUT2D eigenvalue weighted by Crippen LogP contribution is -2.24. The standard InChI is InChI=1S/C13H13N3O3S2/c17-8-11-13(9-3-1-2-4-10(9)20-11)21(18,19)16-7-12-14-5-6-15-12/h1-6,16-17H,7-8H2,(H,14,15). The molecular formula is C13H13N3O3S2. The number of nitrogens with one attached hydrogen (secondary N) is 2. The third kappa shape index (κ3) is 2.70. The molecule has 0 fully saturated rings. The molecule has 3 rings (SSSR count). The van der Waals surface area contributed by atoms with E-state index in [1.54, 1.807) is 24.5 Å². The molecule has 0 saturated heterocycles. The quantitative estimate of drug-likeness (QED) is 0.664. The van der Waals surface area contributed by atoms with Crippen LogP contribution in [0.1, 0.15) is 10.7 Å². The first-order chi connectivity index (χ1) is 10.1. The molecule has 0 spiro atoms. The van der Waals surface area contributed by atoms with Gasteiger partial charge in [0.1, 0.15) is 10.7 Å². The van der Waals surface area contributed by atoms with Gasteiger partial charge in [-0.25, -0.2) is 18.1 Å². The average molecular weight is 323 g/mol. The first-order valence-electron chi connectivity index (χ1n) is 6.21. The van der Waals surface area contributed by atoms with Gasteiger partial charge in [0, 0.05) is 22.5 Å². The molecule has 3 aromatic rings. The predicted molar refractivity (Wildman–Crippen MR) is 80.4 cm³/mol. The van der Waals surface area contributed by atoms with Crippen LogP contribution in [0, 0.1) is 0 Å². The van der Waals surface area contributed by atoms with E-state index in [1.807, 2.05) is 12.1 Å². The van der Waals surface area contributed by atoms with E-state index in [1.165, 1.54) is 11.3 Å². The van der Waals surface area contributed by atoms with E-state index in [2.05, 4.69) is 14.7 Å². The summed E-state index contributed by atoms with van der Waals surface area (Å²) in [6.45, 7) is -0.235. The highest BCUT2D eigenvalue weighted by molar-refractivity contribution is 7.90. The number of hydrogen-bond donors (Lipinski definition) is 3. The molecule has 2 aromatic heterocycles. The summed E-state index contributed by atoms with van der Waals surface area (Å²) >= 11 is 1.28. The Hall–Kier alpha value is -1.74. The lowest BCUT2D eigenvalue weighted by molar-refractivity contribution is 0.283. The fourth-order valence-corrected chi connectivity index (χ4v) is 4.88. The number of aliphatic hydroxyl groups excluding tert-OH is 1. The van der Waals surface area contributed by atoms with Gasteiger partial charge in [-0.3, -0.25) is 0 Å². The van der Waals surface area contributed by atoms with Gasteiger partial charge in [-0.15, -0.1) is 11.3 Å². The van der Waals surface area contributed by atoms with Gasteiger partial charge in [-0.2, -0.15) is 0 Å². The Bertz CT molecular complexity index is 854. The number of rotatable bonds is 5. The van der Waals surface area contributed by atoms with Crippen molar-refractivity contribution in [1.82, 2.24) is 14.7 Å². The Morgan fingerprint density at radius 3 is 2.86 bits per heavy atom. The van der Waals surface area contributed by atoms with E-state index in [4.69, 9.17) is 0 Å². The van der Waals surface area contributed by atoms with Crippen molar-refractivity contribution < 1.29 is 13.5 Å². The van der Waals surface area contributed by atoms with Crippen molar-refractivity contribution in [2.75, 3.05) is 0 Å². The summed E-state index contributed by atoms with van der Waals surface area (Å²) in [5, 5.41) is 10.1. The van der Waals surface area contributed by atoms with Crippen LogP contribution < -0.4 is 4.72 Å². The smallest absolute Gasteiger partial charge is 0.242 e. The van der Waals surface area contributed by atoms with E-state index in [9.17, 15) is 13.5 Å². The Balaban J connectivity index is 2.01. The van der Waals surface area contributed by atoms with Gasteiger partial charge in [0.15, 0.2) is 0 Å². The number of imidazole rings is 1. The van der Waals surface area contributed by atoms with Crippen LogP contribution in [0.3, 0.4) is 0 Å². The molecule has 6 nitrogen and oxygen atoms in total. The topological polar surface area (TPSA) is 95.1 Å². The average Bonchev–Trinajstić information content (AvgIpc) is 3.12. The van der Waals surface area contributed by atoms with Crippen LogP contribution in [0.2, 0.25) is 0 Å². The number of aromatic amines is 1. The Kier molecular flexibility index (Phi) is 3.77. The molecule has 0 aliphatic carbocycles. The molecule has 0 unspecified atom stereocenters. The highest BCUT2D eigenvalue weighted by atomic mass is 32.2. The minimum absolute atomic E-state index is 0.0738. The molecule has 0 radical (unpaired) electrons. The van der Waals surface area contributed by atoms with E-state index in [-0.39, 0.29) is 18.0 Å². The second kappa shape index (κ2) is 5.57. The normalized spacial score (nSPS) is 12.0. The molecule has 0 aliphatic heterocycles. The van der Waals surface area contributed by atoms with Crippen molar-refractivity contribution in [3.05, 3.63) is 47.4 Å². The predicted octanol–water partition coefficient (Wildman–Crippen LogP) is 1.60. The third-order valence-corrected chi connectivity index (χ3v) is 5.83. The van der Waals surface area contributed by atoms with Crippen molar-refractivity contribution in [3.63, 3.8) is 0 Å². The SMILES string of the molecule is O=S(=O)(NCc1ncc[nH]1)c1c(CO)sc2ccccc12. The van der Waals surface area contributed by atoms with Crippen LogP contribution in [0.4, 0.5) is 0 Å². The number of aromatic nitrogens is 2. The maximum atomic E-state index is 12.5. The fourth-order valence-electron chi connectivity index (χ4n) is 2.10. The molecule has 8 heteroatoms. The summed E-state index contributed by atoms with van der Waals surface area (Å²) in [6.07, 6.45) is 3.19. The van der Waals surface area contributed by atoms with Crippen molar-refractivity contribution in [3.8, 4) is 0 Å². The second-order valence-electron chi connectivity index (χ2n) is 4.37. The molecule has 21 heavy (non-hydrogen) atoms. The number of hydrogen-bond acceptors (Lipinski definition) is 5. The molecule has 0 bridgehead atoms. The van der Waals surface area contributed by atoms with Gasteiger partial charge in [0.25, 0.3) is 0 Å². The zero-order valence-electron chi connectivity index (χ0n) is 10.9. The van der Waals surface area contributed by atoms with Gasteiger partial charge < -0.3 is 10.1 Å². The largest absolute Gasteiger partial charge is 0.391 e. The van der Waals surface area contributed by atoms with Gasteiger partial charge in [0.2, 0.25) is 10.0 Å². The summed E-state index contributed by atoms with van der Waals surface area (Å²) in [5.41, 5.74) is 0. The molecule has 3 N–H and O–H groups in total. The maximum Gasteiger partial charge on any atom is 0.242 e. The first kappa shape index (κ1) is 14.2. The number of fused-ring (bicyclic) bond motifs is 1. The monoisotopic (exact) mass is 323 g/mol. The lowest BCUT2D eigenvalue weighted by atomic mass is 10.2. The molecule has 1 aromatic carbocycles. The molecule has 0 saturated carbocycles. The maximum absolute atomic E-state index is 12.5. The van der Waals surface area contributed by atoms with Crippen LogP contribution in [0.15, 0.2) is 41.6 Å². The Labute approximate surface area is 125 Å². The van der Waals surface area contributed by atoms with Crippen molar-refractivity contribution in [1.29, 1.82) is 0 Å². The molecule has 2 heterocycles. The van der Waals surface area contributed by atoms with E-state index >= 15 is 0 Å². The lowest BCUT2D eigenvalue weighted by Gasteiger charge is -2.06. The summed E-state index contributed by atoms with van der Waals surface area (Å²) in [5.74, 6) is 0.531. The number of benzene rings is 1. The summed E-state index contributed by atoms with van der Waals surface area (Å²) in [6, 6.07) is 7.20. The van der Waals surface area contributed by atoms with Crippen LogP contribution in [-0.4, -0.2) is 23.5 Å². The van der Waals surface area contributed by atoms with Crippen molar-refractivity contribution in [2.45, 2.75) is 18.0 Å². The fraction of sp³-hybridized carbons (Fsp3) is 0.154. The van der Waals surface area contributed by atoms with Crippen LogP contribution in [-0.2, 0) is 23.2 Å². The van der Waals surface area contributed by atoms with Crippen molar-refractivity contribution >= 4 is 31.4 Å². The summed E-state index contributed by atoms with van der Waals surface area (Å²) < 4.78 is 28.4. The number of thiophene rings is 1. The molecule has 110 valence electrons. The number of aliphatic hydroxyl groups is 1. The number of H-pyrrole nitrogens is 1. The first-order valence-corrected chi connectivity index (χ1v) is 8.51. The third-order valence-electron chi connectivity index (χ3n) is 3.01. The highest BCUT2D eigenvalue weighted by Gasteiger charge is 2.24. The summed E-state index contributed by atoms with van der Waals surface area (Å²) in [4.78, 5) is 7.40. The van der Waals surface area contributed by atoms with Crippen LogP contribution >= 0.6 is 11.3 Å². The van der Waals surface area contributed by atoms with E-state index in [0.717, 1.165) is 4.70 Å². The van der Waals surface area contributed by atoms with Gasteiger partial charge in [-0.1, -0.05) is 18.2 Å². The number of sulfonamides is 1. The van der Waals surface area contributed by atoms with E-state index < -0.39 is 10.0 Å². The molecule has 0 amide bonds. The van der Waals surface area contributed by atoms with Crippen molar-refractivity contribution in [2.24, 2.45) is 0 Å². The van der Waals surface area contributed by atoms with Crippen LogP contribution in [0.5, 0.6) is 0 Å². The van der Waals surface area contributed by atoms with Gasteiger partial charge in [-0.05, 0) is 6.07 Å². The zero-order chi connectivity index (χ0) is 14.9. The number of nitrogens with zero attached hydrogens (tertiary/aromatic N) is 1. The van der Waals surface area contributed by atoms with Gasteiger partial charge >= 0.3 is 0 Å². The minimum atomic E-state index is -3.72. The minimum Gasteiger partial charge on any atom is -0.391 e. The van der Waals surface area contributed by atoms with Crippen LogP contribution in [0.25, 0.3) is 10.1 Å². The van der Waals surface area contributed by atoms with E-state index in [0.29, 0.717) is 16.1 Å². The summed E-state index contributed by atoms with van der Waals surface area (Å²) in [7, 11) is -3.72. The highest BCUT2D eigenvalue weighted by Crippen LogP contribution is 2.34. The zero-order valence-corrected chi connectivity index (χ0v) is 12.5. The molecule has 0 aliphatic rings. The second-order valence-corrected chi connectivity index (χ2v) is 7.21. The Morgan fingerprint density at radius 1 is 1.33 bits per heavy atom. The van der Waals surface area contributed by atoms with Gasteiger partial charge in [0.05, 0.1) is 18.0 Å².